The Morgan fingerprint density at radius 3 is 2.64 bits per heavy atom. The van der Waals surface area contributed by atoms with Gasteiger partial charge in [0.15, 0.2) is 0 Å². The second-order valence-electron chi connectivity index (χ2n) is 2.90. The highest BCUT2D eigenvalue weighted by molar-refractivity contribution is 4.82. The largest absolute Gasteiger partial charge is 0.392 e. The minimum Gasteiger partial charge on any atom is -0.392 e. The van der Waals surface area contributed by atoms with Gasteiger partial charge in [0.05, 0.1) is 12.6 Å². The molecule has 2 N–H and O–H groups in total. The molecule has 1 rings (SSSR count). The van der Waals surface area contributed by atoms with Crippen molar-refractivity contribution < 1.29 is 13.9 Å². The van der Waals surface area contributed by atoms with Crippen molar-refractivity contribution in [3.05, 3.63) is 0 Å². The topological polar surface area (TPSA) is 32.3 Å². The van der Waals surface area contributed by atoms with E-state index in [-0.39, 0.29) is 12.6 Å². The lowest BCUT2D eigenvalue weighted by Gasteiger charge is -2.15. The third kappa shape index (κ3) is 2.71. The molecule has 66 valence electrons. The van der Waals surface area contributed by atoms with Gasteiger partial charge in [-0.05, 0) is 19.3 Å². The fraction of sp³-hybridized carbons (Fsp3) is 1.00. The molecule has 11 heavy (non-hydrogen) atoms. The van der Waals surface area contributed by atoms with E-state index in [1.807, 2.05) is 0 Å². The zero-order valence-electron chi connectivity index (χ0n) is 6.26. The molecule has 1 aliphatic rings. The molecule has 0 radical (unpaired) electrons. The lowest BCUT2D eigenvalue weighted by molar-refractivity contribution is 0.113. The van der Waals surface area contributed by atoms with Crippen molar-refractivity contribution >= 4 is 0 Å². The van der Waals surface area contributed by atoms with Crippen LogP contribution in [0.15, 0.2) is 0 Å². The molecule has 2 atom stereocenters. The van der Waals surface area contributed by atoms with Gasteiger partial charge in [-0.15, -0.1) is 0 Å². The summed E-state index contributed by atoms with van der Waals surface area (Å²) in [4.78, 5) is 0. The van der Waals surface area contributed by atoms with Crippen LogP contribution in [-0.4, -0.2) is 30.2 Å². The molecular weight excluding hydrogens is 152 g/mol. The van der Waals surface area contributed by atoms with Crippen LogP contribution in [-0.2, 0) is 0 Å². The van der Waals surface area contributed by atoms with Crippen LogP contribution in [0.4, 0.5) is 8.78 Å². The zero-order chi connectivity index (χ0) is 8.27. The summed E-state index contributed by atoms with van der Waals surface area (Å²) >= 11 is 0. The van der Waals surface area contributed by atoms with E-state index in [1.165, 1.54) is 0 Å². The molecule has 0 aromatic heterocycles. The van der Waals surface area contributed by atoms with Gasteiger partial charge in [-0.3, -0.25) is 0 Å². The minimum atomic E-state index is -2.32. The first-order valence-corrected chi connectivity index (χ1v) is 3.89. The Hall–Kier alpha value is -0.220. The predicted molar refractivity (Wildman–Crippen MR) is 37.7 cm³/mol. The quantitative estimate of drug-likeness (QED) is 0.647. The van der Waals surface area contributed by atoms with Gasteiger partial charge in [0.25, 0.3) is 6.43 Å². The average Bonchev–Trinajstić information content (AvgIpc) is 2.31. The Labute approximate surface area is 64.6 Å². The van der Waals surface area contributed by atoms with Crippen molar-refractivity contribution in [1.82, 2.24) is 5.32 Å². The lowest BCUT2D eigenvalue weighted by atomic mass is 10.2. The van der Waals surface area contributed by atoms with E-state index >= 15 is 0 Å². The number of halogens is 2. The van der Waals surface area contributed by atoms with Crippen molar-refractivity contribution in [2.75, 3.05) is 6.54 Å². The molecule has 2 nitrogen and oxygen atoms in total. The van der Waals surface area contributed by atoms with E-state index in [1.54, 1.807) is 0 Å². The number of aliphatic hydroxyl groups is 1. The van der Waals surface area contributed by atoms with Crippen molar-refractivity contribution in [2.24, 2.45) is 0 Å². The first kappa shape index (κ1) is 8.87. The first-order valence-electron chi connectivity index (χ1n) is 3.89. The number of alkyl halides is 2. The van der Waals surface area contributed by atoms with Gasteiger partial charge in [0.2, 0.25) is 0 Å². The fourth-order valence-corrected chi connectivity index (χ4v) is 1.42. The van der Waals surface area contributed by atoms with Crippen molar-refractivity contribution in [1.29, 1.82) is 0 Å². The summed E-state index contributed by atoms with van der Waals surface area (Å²) in [6, 6.07) is -0.107. The van der Waals surface area contributed by atoms with E-state index in [9.17, 15) is 13.9 Å². The maximum absolute atomic E-state index is 11.7. The molecule has 0 aliphatic heterocycles. The van der Waals surface area contributed by atoms with E-state index < -0.39 is 12.5 Å². The maximum atomic E-state index is 11.7. The van der Waals surface area contributed by atoms with Gasteiger partial charge in [0, 0.05) is 6.04 Å². The van der Waals surface area contributed by atoms with Gasteiger partial charge in [-0.1, -0.05) is 0 Å². The second-order valence-corrected chi connectivity index (χ2v) is 2.90. The van der Waals surface area contributed by atoms with Crippen LogP contribution in [0.5, 0.6) is 0 Å². The number of hydrogen-bond acceptors (Lipinski definition) is 2. The highest BCUT2D eigenvalue weighted by atomic mass is 19.3. The molecule has 0 saturated heterocycles. The Balaban J connectivity index is 2.15. The summed E-state index contributed by atoms with van der Waals surface area (Å²) < 4.78 is 23.3. The highest BCUT2D eigenvalue weighted by Crippen LogP contribution is 2.18. The van der Waals surface area contributed by atoms with Crippen LogP contribution in [0.2, 0.25) is 0 Å². The zero-order valence-corrected chi connectivity index (χ0v) is 6.26. The van der Waals surface area contributed by atoms with Crippen LogP contribution in [0.25, 0.3) is 0 Å². The summed E-state index contributed by atoms with van der Waals surface area (Å²) in [6.07, 6.45) is -0.256. The van der Waals surface area contributed by atoms with Gasteiger partial charge in [0.1, 0.15) is 0 Å². The van der Waals surface area contributed by atoms with E-state index in [4.69, 9.17) is 0 Å². The Bertz CT molecular complexity index is 121. The third-order valence-corrected chi connectivity index (χ3v) is 2.01. The number of aliphatic hydroxyl groups excluding tert-OH is 1. The smallest absolute Gasteiger partial charge is 0.250 e. The normalized spacial score (nSPS) is 31.6. The highest BCUT2D eigenvalue weighted by Gasteiger charge is 2.24. The molecule has 1 aliphatic carbocycles. The SMILES string of the molecule is O[C@H]1CCC[C@@H]1NCC(F)F. The van der Waals surface area contributed by atoms with E-state index in [0.29, 0.717) is 0 Å². The van der Waals surface area contributed by atoms with Crippen LogP contribution in [0.3, 0.4) is 0 Å². The first-order chi connectivity index (χ1) is 5.20. The second kappa shape index (κ2) is 3.97. The number of hydrogen-bond donors (Lipinski definition) is 2. The summed E-state index contributed by atoms with van der Waals surface area (Å²) in [6.45, 7) is -0.304. The molecule has 0 aromatic carbocycles. The number of nitrogens with one attached hydrogen (secondary N) is 1. The molecule has 0 bridgehead atoms. The maximum Gasteiger partial charge on any atom is 0.250 e. The van der Waals surface area contributed by atoms with Crippen molar-refractivity contribution in [2.45, 2.75) is 37.8 Å². The average molecular weight is 165 g/mol. The Morgan fingerprint density at radius 1 is 1.45 bits per heavy atom. The molecule has 0 spiro atoms. The van der Waals surface area contributed by atoms with Gasteiger partial charge >= 0.3 is 0 Å². The van der Waals surface area contributed by atoms with Crippen molar-refractivity contribution in [3.8, 4) is 0 Å². The lowest BCUT2D eigenvalue weighted by Crippen LogP contribution is -2.38. The van der Waals surface area contributed by atoms with Crippen LogP contribution in [0, 0.1) is 0 Å². The third-order valence-electron chi connectivity index (χ3n) is 2.01. The molecule has 0 heterocycles. The fourth-order valence-electron chi connectivity index (χ4n) is 1.42. The molecule has 0 aromatic rings. The molecular formula is C7H13F2NO. The summed E-state index contributed by atoms with van der Waals surface area (Å²) in [5.74, 6) is 0. The minimum absolute atomic E-state index is 0.107. The van der Waals surface area contributed by atoms with E-state index in [0.717, 1.165) is 19.3 Å². The standard InChI is InChI=1S/C7H13F2NO/c8-7(9)4-10-5-2-1-3-6(5)11/h5-7,10-11H,1-4H2/t5-,6-/m0/s1. The van der Waals surface area contributed by atoms with Crippen LogP contribution in [0.1, 0.15) is 19.3 Å². The summed E-state index contributed by atoms with van der Waals surface area (Å²) in [5, 5.41) is 11.8. The number of rotatable bonds is 3. The monoisotopic (exact) mass is 165 g/mol. The molecule has 0 unspecified atom stereocenters. The van der Waals surface area contributed by atoms with Gasteiger partial charge < -0.3 is 10.4 Å². The Morgan fingerprint density at radius 2 is 2.18 bits per heavy atom. The van der Waals surface area contributed by atoms with Crippen molar-refractivity contribution in [3.63, 3.8) is 0 Å². The predicted octanol–water partition coefficient (Wildman–Crippen LogP) is 0.754. The van der Waals surface area contributed by atoms with Gasteiger partial charge in [-0.2, -0.15) is 0 Å². The van der Waals surface area contributed by atoms with Crippen LogP contribution >= 0.6 is 0 Å². The molecule has 0 amide bonds. The van der Waals surface area contributed by atoms with Crippen LogP contribution < -0.4 is 5.32 Å². The van der Waals surface area contributed by atoms with Gasteiger partial charge in [-0.25, -0.2) is 8.78 Å². The molecule has 1 saturated carbocycles. The summed E-state index contributed by atoms with van der Waals surface area (Å²) in [5.41, 5.74) is 0. The molecule has 1 fully saturated rings. The van der Waals surface area contributed by atoms with E-state index in [2.05, 4.69) is 5.32 Å². The summed E-state index contributed by atoms with van der Waals surface area (Å²) in [7, 11) is 0. The Kier molecular flexibility index (Phi) is 3.20. The molecule has 4 heteroatoms.